The van der Waals surface area contributed by atoms with Crippen LogP contribution in [0.15, 0.2) is 0 Å². The number of piperazine rings is 1. The van der Waals surface area contributed by atoms with Gasteiger partial charge in [-0.25, -0.2) is 0 Å². The minimum Gasteiger partial charge on any atom is -0.337 e. The van der Waals surface area contributed by atoms with E-state index in [0.29, 0.717) is 18.0 Å². The Kier molecular flexibility index (Phi) is 4.55. The van der Waals surface area contributed by atoms with E-state index in [1.807, 2.05) is 0 Å². The molecule has 0 radical (unpaired) electrons. The van der Waals surface area contributed by atoms with Crippen LogP contribution >= 0.6 is 0 Å². The van der Waals surface area contributed by atoms with Gasteiger partial charge < -0.3 is 10.2 Å². The fourth-order valence-electron chi connectivity index (χ4n) is 4.66. The molecular weight excluding hydrogens is 262 g/mol. The number of hydrogen-bond acceptors (Lipinski definition) is 3. The average Bonchev–Trinajstić information content (AvgIpc) is 2.96. The number of carbonyl (C=O) groups excluding carboxylic acids is 1. The first-order valence-electron chi connectivity index (χ1n) is 8.92. The lowest BCUT2D eigenvalue weighted by atomic mass is 9.80. The van der Waals surface area contributed by atoms with Crippen molar-refractivity contribution in [3.05, 3.63) is 0 Å². The molecule has 3 rings (SSSR count). The van der Waals surface area contributed by atoms with Crippen LogP contribution in [0.25, 0.3) is 0 Å². The SMILES string of the molecule is CCCC1(C(=O)N2CC3CCCCN3CC2C)CCNC1. The van der Waals surface area contributed by atoms with Crippen molar-refractivity contribution in [3.8, 4) is 0 Å². The molecule has 3 fully saturated rings. The highest BCUT2D eigenvalue weighted by Crippen LogP contribution is 2.35. The molecule has 0 aromatic rings. The maximum atomic E-state index is 13.3. The minimum absolute atomic E-state index is 0.111. The van der Waals surface area contributed by atoms with Crippen LogP contribution in [0.3, 0.4) is 0 Å². The van der Waals surface area contributed by atoms with Crippen LogP contribution < -0.4 is 5.32 Å². The van der Waals surface area contributed by atoms with Gasteiger partial charge in [0.2, 0.25) is 5.91 Å². The molecule has 3 saturated heterocycles. The number of carbonyl (C=O) groups is 1. The van der Waals surface area contributed by atoms with E-state index in [9.17, 15) is 4.79 Å². The van der Waals surface area contributed by atoms with Gasteiger partial charge in [0.1, 0.15) is 0 Å². The summed E-state index contributed by atoms with van der Waals surface area (Å²) in [5, 5.41) is 3.43. The third-order valence-electron chi connectivity index (χ3n) is 5.87. The van der Waals surface area contributed by atoms with Crippen molar-refractivity contribution in [1.82, 2.24) is 15.1 Å². The Hall–Kier alpha value is -0.610. The molecule has 1 N–H and O–H groups in total. The minimum atomic E-state index is -0.111. The molecule has 0 bridgehead atoms. The molecule has 21 heavy (non-hydrogen) atoms. The zero-order chi connectivity index (χ0) is 14.9. The number of nitrogens with zero attached hydrogens (tertiary/aromatic N) is 2. The summed E-state index contributed by atoms with van der Waals surface area (Å²) in [6.07, 6.45) is 7.11. The van der Waals surface area contributed by atoms with Crippen LogP contribution in [0, 0.1) is 5.41 Å². The molecule has 4 nitrogen and oxygen atoms in total. The second-order valence-corrected chi connectivity index (χ2v) is 7.41. The lowest BCUT2D eigenvalue weighted by molar-refractivity contribution is -0.148. The summed E-state index contributed by atoms with van der Waals surface area (Å²) in [7, 11) is 0. The topological polar surface area (TPSA) is 35.6 Å². The Morgan fingerprint density at radius 3 is 2.90 bits per heavy atom. The van der Waals surface area contributed by atoms with Crippen LogP contribution in [0.4, 0.5) is 0 Å². The Labute approximate surface area is 129 Å². The summed E-state index contributed by atoms with van der Waals surface area (Å²) in [6.45, 7) is 9.61. The van der Waals surface area contributed by atoms with E-state index in [2.05, 4.69) is 29.0 Å². The molecule has 4 heteroatoms. The molecule has 1 amide bonds. The van der Waals surface area contributed by atoms with E-state index < -0.39 is 0 Å². The highest BCUT2D eigenvalue weighted by molar-refractivity contribution is 5.84. The predicted octanol–water partition coefficient (Wildman–Crippen LogP) is 1.85. The zero-order valence-electron chi connectivity index (χ0n) is 13.7. The normalized spacial score (nSPS) is 37.5. The molecule has 3 aliphatic rings. The highest BCUT2D eigenvalue weighted by atomic mass is 16.2. The van der Waals surface area contributed by atoms with E-state index in [1.54, 1.807) is 0 Å². The molecule has 0 saturated carbocycles. The Balaban J connectivity index is 1.73. The fraction of sp³-hybridized carbons (Fsp3) is 0.941. The smallest absolute Gasteiger partial charge is 0.230 e. The molecule has 0 spiro atoms. The standard InChI is InChI=1S/C17H31N3O/c1-3-7-17(8-9-18-13-17)16(21)20-12-15-6-4-5-10-19(15)11-14(20)2/h14-15,18H,3-13H2,1-2H3. The molecule has 3 unspecified atom stereocenters. The molecule has 0 aromatic carbocycles. The summed E-state index contributed by atoms with van der Waals surface area (Å²) in [5.74, 6) is 0.437. The number of piperidine rings is 1. The van der Waals surface area contributed by atoms with Gasteiger partial charge in [-0.2, -0.15) is 0 Å². The molecule has 3 atom stereocenters. The Bertz CT molecular complexity index is 378. The van der Waals surface area contributed by atoms with Crippen molar-refractivity contribution < 1.29 is 4.79 Å². The summed E-state index contributed by atoms with van der Waals surface area (Å²) in [5.41, 5.74) is -0.111. The fourth-order valence-corrected chi connectivity index (χ4v) is 4.66. The lowest BCUT2D eigenvalue weighted by Crippen LogP contribution is -2.62. The van der Waals surface area contributed by atoms with Gasteiger partial charge in [0.15, 0.2) is 0 Å². The molecular formula is C17H31N3O. The molecule has 3 aliphatic heterocycles. The molecule has 0 aliphatic carbocycles. The maximum Gasteiger partial charge on any atom is 0.230 e. The van der Waals surface area contributed by atoms with Crippen molar-refractivity contribution in [2.75, 3.05) is 32.7 Å². The van der Waals surface area contributed by atoms with Gasteiger partial charge in [-0.15, -0.1) is 0 Å². The first-order valence-corrected chi connectivity index (χ1v) is 8.92. The van der Waals surface area contributed by atoms with E-state index >= 15 is 0 Å². The summed E-state index contributed by atoms with van der Waals surface area (Å²) in [6, 6.07) is 0.994. The predicted molar refractivity (Wildman–Crippen MR) is 85.2 cm³/mol. The maximum absolute atomic E-state index is 13.3. The van der Waals surface area contributed by atoms with Gasteiger partial charge >= 0.3 is 0 Å². The third-order valence-corrected chi connectivity index (χ3v) is 5.87. The van der Waals surface area contributed by atoms with Gasteiger partial charge in [-0.1, -0.05) is 19.8 Å². The number of rotatable bonds is 3. The second-order valence-electron chi connectivity index (χ2n) is 7.41. The number of nitrogens with one attached hydrogen (secondary N) is 1. The van der Waals surface area contributed by atoms with E-state index in [4.69, 9.17) is 0 Å². The quantitative estimate of drug-likeness (QED) is 0.862. The largest absolute Gasteiger partial charge is 0.337 e. The van der Waals surface area contributed by atoms with Crippen LogP contribution in [0.1, 0.15) is 52.4 Å². The van der Waals surface area contributed by atoms with Crippen molar-refractivity contribution >= 4 is 5.91 Å². The highest BCUT2D eigenvalue weighted by Gasteiger charge is 2.46. The van der Waals surface area contributed by atoms with Crippen molar-refractivity contribution in [2.45, 2.75) is 64.5 Å². The molecule has 120 valence electrons. The number of amides is 1. The Morgan fingerprint density at radius 1 is 1.33 bits per heavy atom. The van der Waals surface area contributed by atoms with Gasteiger partial charge in [0, 0.05) is 31.7 Å². The summed E-state index contributed by atoms with van der Waals surface area (Å²) >= 11 is 0. The zero-order valence-corrected chi connectivity index (χ0v) is 13.7. The number of hydrogen-bond donors (Lipinski definition) is 1. The average molecular weight is 293 g/mol. The van der Waals surface area contributed by atoms with Crippen LogP contribution in [0.2, 0.25) is 0 Å². The van der Waals surface area contributed by atoms with Crippen molar-refractivity contribution in [2.24, 2.45) is 5.41 Å². The van der Waals surface area contributed by atoms with Crippen LogP contribution in [0.5, 0.6) is 0 Å². The van der Waals surface area contributed by atoms with Crippen LogP contribution in [-0.4, -0.2) is 60.5 Å². The third kappa shape index (κ3) is 2.85. The first-order chi connectivity index (χ1) is 10.2. The summed E-state index contributed by atoms with van der Waals surface area (Å²) < 4.78 is 0. The molecule has 3 heterocycles. The van der Waals surface area contributed by atoms with Crippen LogP contribution in [-0.2, 0) is 4.79 Å². The van der Waals surface area contributed by atoms with Gasteiger partial charge in [-0.05, 0) is 45.7 Å². The van der Waals surface area contributed by atoms with Crippen molar-refractivity contribution in [3.63, 3.8) is 0 Å². The number of fused-ring (bicyclic) bond motifs is 1. The summed E-state index contributed by atoms with van der Waals surface area (Å²) in [4.78, 5) is 18.1. The first kappa shape index (κ1) is 15.3. The van der Waals surface area contributed by atoms with Gasteiger partial charge in [0.05, 0.1) is 5.41 Å². The van der Waals surface area contributed by atoms with Gasteiger partial charge in [0.25, 0.3) is 0 Å². The van der Waals surface area contributed by atoms with E-state index in [1.165, 1.54) is 25.8 Å². The van der Waals surface area contributed by atoms with Crippen molar-refractivity contribution in [1.29, 1.82) is 0 Å². The van der Waals surface area contributed by atoms with Gasteiger partial charge in [-0.3, -0.25) is 9.69 Å². The second kappa shape index (κ2) is 6.25. The van der Waals surface area contributed by atoms with E-state index in [0.717, 1.165) is 45.4 Å². The lowest BCUT2D eigenvalue weighted by Gasteiger charge is -2.49. The monoisotopic (exact) mass is 293 g/mol. The Morgan fingerprint density at radius 2 is 2.19 bits per heavy atom. The molecule has 0 aromatic heterocycles. The van der Waals surface area contributed by atoms with E-state index in [-0.39, 0.29) is 5.41 Å².